The van der Waals surface area contributed by atoms with Crippen LogP contribution in [0, 0.1) is 0 Å². The highest BCUT2D eigenvalue weighted by atomic mass is 32.1. The standard InChI is InChI=1S/C12H19NO2S/c1-2-3-6-13(7-8-14)10-11(15)12-5-4-9-16-12/h4-5,9,14H,2-3,6-8,10H2,1H3. The molecule has 0 saturated heterocycles. The minimum atomic E-state index is 0.113. The summed E-state index contributed by atoms with van der Waals surface area (Å²) in [5.41, 5.74) is 0. The molecule has 0 aliphatic rings. The molecule has 0 spiro atoms. The molecule has 1 rings (SSSR count). The van der Waals surface area contributed by atoms with Gasteiger partial charge >= 0.3 is 0 Å². The lowest BCUT2D eigenvalue weighted by Crippen LogP contribution is -2.33. The second-order valence-corrected chi connectivity index (χ2v) is 4.70. The van der Waals surface area contributed by atoms with Gasteiger partial charge in [-0.2, -0.15) is 0 Å². The molecule has 4 heteroatoms. The third-order valence-corrected chi connectivity index (χ3v) is 3.32. The van der Waals surface area contributed by atoms with Crippen molar-refractivity contribution < 1.29 is 9.90 Å². The predicted molar refractivity (Wildman–Crippen MR) is 67.1 cm³/mol. The fourth-order valence-corrected chi connectivity index (χ4v) is 2.17. The van der Waals surface area contributed by atoms with E-state index in [9.17, 15) is 4.79 Å². The number of thiophene rings is 1. The van der Waals surface area contributed by atoms with Crippen LogP contribution in [0.5, 0.6) is 0 Å². The van der Waals surface area contributed by atoms with Crippen LogP contribution in [-0.2, 0) is 0 Å². The van der Waals surface area contributed by atoms with Gasteiger partial charge in [0.2, 0.25) is 0 Å². The van der Waals surface area contributed by atoms with E-state index in [-0.39, 0.29) is 12.4 Å². The number of hydrogen-bond donors (Lipinski definition) is 1. The number of hydrogen-bond acceptors (Lipinski definition) is 4. The molecule has 0 radical (unpaired) electrons. The molecule has 1 aromatic rings. The van der Waals surface area contributed by atoms with Crippen LogP contribution in [0.2, 0.25) is 0 Å². The summed E-state index contributed by atoms with van der Waals surface area (Å²) in [6, 6.07) is 3.74. The van der Waals surface area contributed by atoms with Crippen molar-refractivity contribution in [3.05, 3.63) is 22.4 Å². The maximum atomic E-state index is 11.8. The van der Waals surface area contributed by atoms with E-state index in [2.05, 4.69) is 6.92 Å². The van der Waals surface area contributed by atoms with Gasteiger partial charge in [0.25, 0.3) is 0 Å². The third kappa shape index (κ3) is 4.43. The zero-order chi connectivity index (χ0) is 11.8. The Morgan fingerprint density at radius 2 is 2.31 bits per heavy atom. The highest BCUT2D eigenvalue weighted by Crippen LogP contribution is 2.10. The Morgan fingerprint density at radius 3 is 2.88 bits per heavy atom. The Hall–Kier alpha value is -0.710. The van der Waals surface area contributed by atoms with Crippen molar-refractivity contribution in [3.63, 3.8) is 0 Å². The molecule has 1 heterocycles. The smallest absolute Gasteiger partial charge is 0.186 e. The Kier molecular flexibility index (Phi) is 6.30. The van der Waals surface area contributed by atoms with E-state index in [1.54, 1.807) is 0 Å². The molecule has 0 amide bonds. The molecule has 0 aliphatic heterocycles. The molecule has 0 unspecified atom stereocenters. The maximum absolute atomic E-state index is 11.8. The zero-order valence-electron chi connectivity index (χ0n) is 9.69. The van der Waals surface area contributed by atoms with E-state index in [1.165, 1.54) is 11.3 Å². The number of carbonyl (C=O) groups is 1. The molecule has 0 aromatic carbocycles. The van der Waals surface area contributed by atoms with Crippen molar-refractivity contribution in [1.29, 1.82) is 0 Å². The van der Waals surface area contributed by atoms with E-state index in [4.69, 9.17) is 5.11 Å². The SMILES string of the molecule is CCCCN(CCO)CC(=O)c1cccs1. The summed E-state index contributed by atoms with van der Waals surface area (Å²) in [6.45, 7) is 4.12. The van der Waals surface area contributed by atoms with Gasteiger partial charge < -0.3 is 5.11 Å². The van der Waals surface area contributed by atoms with Crippen LogP contribution in [0.3, 0.4) is 0 Å². The van der Waals surface area contributed by atoms with Crippen LogP contribution in [0.15, 0.2) is 17.5 Å². The van der Waals surface area contributed by atoms with Crippen LogP contribution in [0.4, 0.5) is 0 Å². The van der Waals surface area contributed by atoms with Crippen LogP contribution in [0.25, 0.3) is 0 Å². The number of rotatable bonds is 8. The summed E-state index contributed by atoms with van der Waals surface area (Å²) < 4.78 is 0. The van der Waals surface area contributed by atoms with Crippen molar-refractivity contribution in [2.24, 2.45) is 0 Å². The first kappa shape index (κ1) is 13.4. The quantitative estimate of drug-likeness (QED) is 0.708. The van der Waals surface area contributed by atoms with Gasteiger partial charge in [-0.25, -0.2) is 0 Å². The minimum Gasteiger partial charge on any atom is -0.395 e. The van der Waals surface area contributed by atoms with Crippen molar-refractivity contribution in [2.75, 3.05) is 26.2 Å². The molecular formula is C12H19NO2S. The number of ketones is 1. The van der Waals surface area contributed by atoms with Gasteiger partial charge in [0.1, 0.15) is 0 Å². The Balaban J connectivity index is 2.44. The number of unbranched alkanes of at least 4 members (excludes halogenated alkanes) is 1. The number of nitrogens with zero attached hydrogens (tertiary/aromatic N) is 1. The number of aliphatic hydroxyl groups is 1. The minimum absolute atomic E-state index is 0.113. The van der Waals surface area contributed by atoms with Crippen LogP contribution >= 0.6 is 11.3 Å². The van der Waals surface area contributed by atoms with Gasteiger partial charge in [0.05, 0.1) is 18.0 Å². The lowest BCUT2D eigenvalue weighted by molar-refractivity contribution is 0.0917. The van der Waals surface area contributed by atoms with E-state index in [1.807, 2.05) is 22.4 Å². The molecule has 0 bridgehead atoms. The fourth-order valence-electron chi connectivity index (χ4n) is 1.51. The summed E-state index contributed by atoms with van der Waals surface area (Å²) in [4.78, 5) is 14.7. The van der Waals surface area contributed by atoms with Gasteiger partial charge in [-0.1, -0.05) is 19.4 Å². The molecule has 0 saturated carbocycles. The van der Waals surface area contributed by atoms with Crippen molar-refractivity contribution in [2.45, 2.75) is 19.8 Å². The Labute approximate surface area is 101 Å². The molecule has 16 heavy (non-hydrogen) atoms. The Morgan fingerprint density at radius 1 is 1.50 bits per heavy atom. The van der Waals surface area contributed by atoms with Crippen molar-refractivity contribution in [3.8, 4) is 0 Å². The zero-order valence-corrected chi connectivity index (χ0v) is 10.5. The monoisotopic (exact) mass is 241 g/mol. The predicted octanol–water partition coefficient (Wildman–Crippen LogP) is 2.03. The van der Waals surface area contributed by atoms with E-state index >= 15 is 0 Å². The van der Waals surface area contributed by atoms with E-state index in [0.29, 0.717) is 13.1 Å². The van der Waals surface area contributed by atoms with E-state index in [0.717, 1.165) is 24.3 Å². The highest BCUT2D eigenvalue weighted by molar-refractivity contribution is 7.12. The molecule has 0 fully saturated rings. The first-order chi connectivity index (χ1) is 7.77. The van der Waals surface area contributed by atoms with Crippen LogP contribution in [0.1, 0.15) is 29.4 Å². The average molecular weight is 241 g/mol. The van der Waals surface area contributed by atoms with E-state index < -0.39 is 0 Å². The number of aliphatic hydroxyl groups excluding tert-OH is 1. The topological polar surface area (TPSA) is 40.5 Å². The molecule has 0 atom stereocenters. The second kappa shape index (κ2) is 7.54. The van der Waals surface area contributed by atoms with Gasteiger partial charge in [0, 0.05) is 6.54 Å². The Bertz CT molecular complexity index is 298. The van der Waals surface area contributed by atoms with Gasteiger partial charge in [-0.15, -0.1) is 11.3 Å². The molecule has 90 valence electrons. The third-order valence-electron chi connectivity index (χ3n) is 2.41. The average Bonchev–Trinajstić information content (AvgIpc) is 2.79. The number of carbonyl (C=O) groups excluding carboxylic acids is 1. The lowest BCUT2D eigenvalue weighted by Gasteiger charge is -2.19. The van der Waals surface area contributed by atoms with Gasteiger partial charge in [-0.05, 0) is 24.4 Å². The maximum Gasteiger partial charge on any atom is 0.186 e. The first-order valence-electron chi connectivity index (χ1n) is 5.67. The molecular weight excluding hydrogens is 222 g/mol. The largest absolute Gasteiger partial charge is 0.395 e. The van der Waals surface area contributed by atoms with Gasteiger partial charge in [0.15, 0.2) is 5.78 Å². The summed E-state index contributed by atoms with van der Waals surface area (Å²) in [5.74, 6) is 0.152. The lowest BCUT2D eigenvalue weighted by atomic mass is 10.2. The molecule has 1 aromatic heterocycles. The summed E-state index contributed by atoms with van der Waals surface area (Å²) in [5, 5.41) is 10.8. The second-order valence-electron chi connectivity index (χ2n) is 3.75. The van der Waals surface area contributed by atoms with Crippen LogP contribution in [-0.4, -0.2) is 42.0 Å². The molecule has 0 aliphatic carbocycles. The number of Topliss-reactive ketones (excluding diaryl/α,β-unsaturated/α-hetero) is 1. The van der Waals surface area contributed by atoms with Crippen LogP contribution < -0.4 is 0 Å². The first-order valence-corrected chi connectivity index (χ1v) is 6.55. The van der Waals surface area contributed by atoms with Crippen molar-refractivity contribution in [1.82, 2.24) is 4.90 Å². The van der Waals surface area contributed by atoms with Gasteiger partial charge in [-0.3, -0.25) is 9.69 Å². The highest BCUT2D eigenvalue weighted by Gasteiger charge is 2.12. The fraction of sp³-hybridized carbons (Fsp3) is 0.583. The molecule has 3 nitrogen and oxygen atoms in total. The normalized spacial score (nSPS) is 10.9. The van der Waals surface area contributed by atoms with Crippen molar-refractivity contribution >= 4 is 17.1 Å². The summed E-state index contributed by atoms with van der Waals surface area (Å²) in [6.07, 6.45) is 2.17. The molecule has 1 N–H and O–H groups in total. The summed E-state index contributed by atoms with van der Waals surface area (Å²) in [7, 11) is 0. The summed E-state index contributed by atoms with van der Waals surface area (Å²) >= 11 is 1.48.